The summed E-state index contributed by atoms with van der Waals surface area (Å²) in [6.45, 7) is 7.38. The van der Waals surface area contributed by atoms with Crippen LogP contribution in [0.5, 0.6) is 0 Å². The van der Waals surface area contributed by atoms with Crippen molar-refractivity contribution in [2.45, 2.75) is 52.0 Å². The Balaban J connectivity index is 2.10. The van der Waals surface area contributed by atoms with Gasteiger partial charge < -0.3 is 5.32 Å². The molecule has 18 heavy (non-hydrogen) atoms. The van der Waals surface area contributed by atoms with Crippen LogP contribution in [0, 0.1) is 18.7 Å². The van der Waals surface area contributed by atoms with Crippen molar-refractivity contribution in [1.82, 2.24) is 5.32 Å². The molecule has 0 aromatic heterocycles. The van der Waals surface area contributed by atoms with E-state index < -0.39 is 0 Å². The molecular formula is C16H24FN. The molecule has 100 valence electrons. The lowest BCUT2D eigenvalue weighted by Gasteiger charge is -2.22. The van der Waals surface area contributed by atoms with Gasteiger partial charge in [0.15, 0.2) is 0 Å². The van der Waals surface area contributed by atoms with Crippen LogP contribution in [0.1, 0.15) is 50.2 Å². The van der Waals surface area contributed by atoms with Crippen LogP contribution in [0.2, 0.25) is 0 Å². The summed E-state index contributed by atoms with van der Waals surface area (Å²) in [6, 6.07) is 6.02. The van der Waals surface area contributed by atoms with E-state index in [1.807, 2.05) is 6.92 Å². The predicted molar refractivity (Wildman–Crippen MR) is 74.4 cm³/mol. The van der Waals surface area contributed by atoms with Crippen LogP contribution in [0.15, 0.2) is 18.2 Å². The van der Waals surface area contributed by atoms with E-state index in [0.29, 0.717) is 17.9 Å². The van der Waals surface area contributed by atoms with E-state index in [2.05, 4.69) is 25.2 Å². The van der Waals surface area contributed by atoms with E-state index in [4.69, 9.17) is 0 Å². The number of rotatable bonds is 4. The van der Waals surface area contributed by atoms with E-state index in [9.17, 15) is 4.39 Å². The minimum Gasteiger partial charge on any atom is -0.314 e. The van der Waals surface area contributed by atoms with Crippen molar-refractivity contribution >= 4 is 0 Å². The maximum atomic E-state index is 13.5. The molecule has 1 aromatic rings. The summed E-state index contributed by atoms with van der Waals surface area (Å²) >= 11 is 0. The first kappa shape index (κ1) is 13.5. The van der Waals surface area contributed by atoms with Crippen LogP contribution >= 0.6 is 0 Å². The Morgan fingerprint density at radius 1 is 1.28 bits per heavy atom. The Bertz CT molecular complexity index is 380. The Morgan fingerprint density at radius 2 is 2.06 bits per heavy atom. The summed E-state index contributed by atoms with van der Waals surface area (Å²) in [5.41, 5.74) is 2.23. The molecule has 1 aromatic carbocycles. The van der Waals surface area contributed by atoms with Crippen molar-refractivity contribution in [2.75, 3.05) is 6.54 Å². The molecule has 2 rings (SSSR count). The van der Waals surface area contributed by atoms with E-state index >= 15 is 0 Å². The summed E-state index contributed by atoms with van der Waals surface area (Å²) in [7, 11) is 0. The number of aryl methyl sites for hydroxylation is 1. The summed E-state index contributed by atoms with van der Waals surface area (Å²) in [5.74, 6) is 1.10. The van der Waals surface area contributed by atoms with Gasteiger partial charge in [0.25, 0.3) is 0 Å². The minimum absolute atomic E-state index is 0.0903. The number of nitrogens with one attached hydrogen (secondary N) is 1. The molecule has 0 spiro atoms. The van der Waals surface area contributed by atoms with Crippen molar-refractivity contribution in [1.29, 1.82) is 0 Å². The molecule has 1 fully saturated rings. The van der Waals surface area contributed by atoms with Crippen molar-refractivity contribution < 1.29 is 4.39 Å². The smallest absolute Gasteiger partial charge is 0.123 e. The molecule has 0 amide bonds. The van der Waals surface area contributed by atoms with Gasteiger partial charge in [-0.15, -0.1) is 0 Å². The molecule has 0 radical (unpaired) electrons. The third-order valence-electron chi connectivity index (χ3n) is 3.94. The van der Waals surface area contributed by atoms with E-state index in [-0.39, 0.29) is 5.82 Å². The van der Waals surface area contributed by atoms with Gasteiger partial charge in [0.05, 0.1) is 0 Å². The number of hydrogen-bond acceptors (Lipinski definition) is 1. The van der Waals surface area contributed by atoms with Gasteiger partial charge in [-0.1, -0.05) is 26.3 Å². The lowest BCUT2D eigenvalue weighted by molar-refractivity contribution is 0.421. The van der Waals surface area contributed by atoms with Gasteiger partial charge in [0.2, 0.25) is 0 Å². The quantitative estimate of drug-likeness (QED) is 0.850. The van der Waals surface area contributed by atoms with Crippen molar-refractivity contribution in [3.05, 3.63) is 35.1 Å². The largest absolute Gasteiger partial charge is 0.314 e. The molecule has 1 nitrogen and oxygen atoms in total. The Labute approximate surface area is 110 Å². The van der Waals surface area contributed by atoms with Crippen molar-refractivity contribution in [3.8, 4) is 0 Å². The molecule has 0 saturated heterocycles. The van der Waals surface area contributed by atoms with Crippen LogP contribution < -0.4 is 5.32 Å². The fourth-order valence-electron chi connectivity index (χ4n) is 3.09. The van der Waals surface area contributed by atoms with Crippen molar-refractivity contribution in [2.24, 2.45) is 5.92 Å². The highest BCUT2D eigenvalue weighted by Gasteiger charge is 2.28. The van der Waals surface area contributed by atoms with Crippen LogP contribution in [-0.2, 0) is 0 Å². The molecular weight excluding hydrogens is 225 g/mol. The fraction of sp³-hybridized carbons (Fsp3) is 0.625. The van der Waals surface area contributed by atoms with Crippen LogP contribution in [0.3, 0.4) is 0 Å². The number of benzene rings is 1. The number of halogens is 1. The van der Waals surface area contributed by atoms with Gasteiger partial charge in [0.1, 0.15) is 5.82 Å². The first-order valence-corrected chi connectivity index (χ1v) is 7.06. The highest BCUT2D eigenvalue weighted by molar-refractivity contribution is 5.28. The molecule has 2 unspecified atom stereocenters. The third-order valence-corrected chi connectivity index (χ3v) is 3.94. The molecule has 0 bridgehead atoms. The highest BCUT2D eigenvalue weighted by Crippen LogP contribution is 2.39. The zero-order chi connectivity index (χ0) is 13.1. The first-order valence-electron chi connectivity index (χ1n) is 7.06. The second-order valence-corrected chi connectivity index (χ2v) is 5.92. The second-order valence-electron chi connectivity index (χ2n) is 5.92. The highest BCUT2D eigenvalue weighted by atomic mass is 19.1. The van der Waals surface area contributed by atoms with Gasteiger partial charge in [-0.05, 0) is 61.4 Å². The summed E-state index contributed by atoms with van der Waals surface area (Å²) < 4.78 is 13.5. The Morgan fingerprint density at radius 3 is 2.72 bits per heavy atom. The van der Waals surface area contributed by atoms with Gasteiger partial charge in [-0.25, -0.2) is 4.39 Å². The molecule has 2 heteroatoms. The van der Waals surface area contributed by atoms with Gasteiger partial charge in [-0.3, -0.25) is 0 Å². The van der Waals surface area contributed by atoms with Gasteiger partial charge in [0, 0.05) is 6.04 Å². The van der Waals surface area contributed by atoms with Crippen LogP contribution in [0.25, 0.3) is 0 Å². The van der Waals surface area contributed by atoms with Crippen LogP contribution in [-0.4, -0.2) is 12.6 Å². The molecule has 1 saturated carbocycles. The standard InChI is InChI=1S/C16H24FN/c1-11(2)18-10-13-5-4-6-16(13)14-7-12(3)8-15(17)9-14/h7-9,11,13,16,18H,4-6,10H2,1-3H3. The normalized spacial score (nSPS) is 23.8. The maximum absolute atomic E-state index is 13.5. The van der Waals surface area contributed by atoms with Gasteiger partial charge >= 0.3 is 0 Å². The Kier molecular flexibility index (Phi) is 4.39. The van der Waals surface area contributed by atoms with Crippen molar-refractivity contribution in [3.63, 3.8) is 0 Å². The minimum atomic E-state index is -0.0903. The lowest BCUT2D eigenvalue weighted by Crippen LogP contribution is -2.30. The molecule has 1 aliphatic rings. The van der Waals surface area contributed by atoms with Crippen LogP contribution in [0.4, 0.5) is 4.39 Å². The van der Waals surface area contributed by atoms with E-state index in [1.54, 1.807) is 12.1 Å². The predicted octanol–water partition coefficient (Wildman–Crippen LogP) is 4.02. The topological polar surface area (TPSA) is 12.0 Å². The molecule has 0 heterocycles. The molecule has 1 aliphatic carbocycles. The average molecular weight is 249 g/mol. The lowest BCUT2D eigenvalue weighted by atomic mass is 9.88. The monoisotopic (exact) mass is 249 g/mol. The van der Waals surface area contributed by atoms with E-state index in [1.165, 1.54) is 24.8 Å². The second kappa shape index (κ2) is 5.83. The zero-order valence-electron chi connectivity index (χ0n) is 11.7. The molecule has 1 N–H and O–H groups in total. The zero-order valence-corrected chi connectivity index (χ0v) is 11.7. The molecule has 0 aliphatic heterocycles. The Hall–Kier alpha value is -0.890. The maximum Gasteiger partial charge on any atom is 0.123 e. The number of hydrogen-bond donors (Lipinski definition) is 1. The summed E-state index contributed by atoms with van der Waals surface area (Å²) in [4.78, 5) is 0. The average Bonchev–Trinajstić information content (AvgIpc) is 2.72. The van der Waals surface area contributed by atoms with Gasteiger partial charge in [-0.2, -0.15) is 0 Å². The van der Waals surface area contributed by atoms with E-state index in [0.717, 1.165) is 12.1 Å². The first-order chi connectivity index (χ1) is 8.56. The summed E-state index contributed by atoms with van der Waals surface area (Å²) in [5, 5.41) is 3.52. The summed E-state index contributed by atoms with van der Waals surface area (Å²) in [6.07, 6.45) is 3.73. The SMILES string of the molecule is Cc1cc(F)cc(C2CCCC2CNC(C)C)c1. The fourth-order valence-corrected chi connectivity index (χ4v) is 3.09. The third kappa shape index (κ3) is 3.32. The molecule has 2 atom stereocenters.